The van der Waals surface area contributed by atoms with E-state index in [0.29, 0.717) is 31.2 Å². The van der Waals surface area contributed by atoms with Crippen molar-refractivity contribution in [3.8, 4) is 0 Å². The molecule has 3 aromatic carbocycles. The molecule has 3 aliphatic rings. The van der Waals surface area contributed by atoms with Crippen LogP contribution in [0.25, 0.3) is 11.0 Å². The standard InChI is InChI=1S/C35H39ClFN5O3S/c1-23-39-31-9-5-6-10-32(31)42(23)27-19-25-11-12-26(20-27)41(25)18-15-35(24-7-3-2-4-8-24)13-16-40(17-14-35)34(43)28-21-33(46(38,44)45)30(37)22-29(28)36/h2-10,21-22,25-27H,11-20H2,1H3,(H2,38,44,45)/t25-,26+,27?. The summed E-state index contributed by atoms with van der Waals surface area (Å²) in [6.45, 7) is 4.08. The van der Waals surface area contributed by atoms with Crippen LogP contribution in [0, 0.1) is 12.7 Å². The van der Waals surface area contributed by atoms with Gasteiger partial charge in [-0.3, -0.25) is 9.69 Å². The predicted molar refractivity (Wildman–Crippen MR) is 177 cm³/mol. The first-order valence-corrected chi connectivity index (χ1v) is 18.0. The van der Waals surface area contributed by atoms with Crippen LogP contribution < -0.4 is 5.14 Å². The van der Waals surface area contributed by atoms with E-state index in [2.05, 4.69) is 64.9 Å². The Hall–Kier alpha value is -3.31. The van der Waals surface area contributed by atoms with Gasteiger partial charge in [0, 0.05) is 31.2 Å². The maximum atomic E-state index is 14.3. The van der Waals surface area contributed by atoms with Gasteiger partial charge < -0.3 is 9.47 Å². The van der Waals surface area contributed by atoms with Crippen LogP contribution in [-0.2, 0) is 15.4 Å². The van der Waals surface area contributed by atoms with Gasteiger partial charge in [0.05, 0.1) is 21.6 Å². The van der Waals surface area contributed by atoms with Crippen molar-refractivity contribution < 1.29 is 17.6 Å². The van der Waals surface area contributed by atoms with Crippen LogP contribution in [0.2, 0.25) is 5.02 Å². The van der Waals surface area contributed by atoms with Crippen LogP contribution in [0.5, 0.6) is 0 Å². The number of halogens is 2. The van der Waals surface area contributed by atoms with Gasteiger partial charge >= 0.3 is 0 Å². The first-order chi connectivity index (χ1) is 22.0. The van der Waals surface area contributed by atoms with E-state index in [-0.39, 0.29) is 16.0 Å². The van der Waals surface area contributed by atoms with Gasteiger partial charge in [0.1, 0.15) is 16.5 Å². The number of carbonyl (C=O) groups is 1. The molecule has 0 saturated carbocycles. The van der Waals surface area contributed by atoms with E-state index >= 15 is 0 Å². The predicted octanol–water partition coefficient (Wildman–Crippen LogP) is 6.22. The SMILES string of the molecule is Cc1nc2ccccc2n1C1C[C@H]2CC[C@@H](C1)N2CCC1(c2ccccc2)CCN(C(=O)c2cc(S(N)(=O)=O)c(F)cc2Cl)CC1. The molecule has 1 unspecified atom stereocenters. The zero-order valence-corrected chi connectivity index (χ0v) is 27.5. The Kier molecular flexibility index (Phi) is 8.20. The quantitative estimate of drug-likeness (QED) is 0.253. The van der Waals surface area contributed by atoms with Crippen molar-refractivity contribution in [1.29, 1.82) is 0 Å². The van der Waals surface area contributed by atoms with Crippen LogP contribution in [0.15, 0.2) is 71.6 Å². The van der Waals surface area contributed by atoms with Crippen molar-refractivity contribution in [2.45, 2.75) is 80.3 Å². The first-order valence-electron chi connectivity index (χ1n) is 16.1. The molecule has 46 heavy (non-hydrogen) atoms. The van der Waals surface area contributed by atoms with Crippen molar-refractivity contribution in [2.75, 3.05) is 19.6 Å². The lowest BCUT2D eigenvalue weighted by Crippen LogP contribution is -2.49. The fraction of sp³-hybridized carbons (Fsp3) is 0.429. The van der Waals surface area contributed by atoms with Crippen LogP contribution >= 0.6 is 11.6 Å². The number of carbonyl (C=O) groups excluding carboxylic acids is 1. The highest BCUT2D eigenvalue weighted by atomic mass is 35.5. The van der Waals surface area contributed by atoms with Crippen LogP contribution in [-0.4, -0.2) is 65.4 Å². The van der Waals surface area contributed by atoms with Crippen LogP contribution in [0.3, 0.4) is 0 Å². The number of primary sulfonamides is 1. The van der Waals surface area contributed by atoms with Gasteiger partial charge in [-0.05, 0) is 93.7 Å². The Labute approximate surface area is 274 Å². The van der Waals surface area contributed by atoms with E-state index in [1.807, 2.05) is 6.07 Å². The van der Waals surface area contributed by atoms with Crippen molar-refractivity contribution in [3.63, 3.8) is 0 Å². The second-order valence-electron chi connectivity index (χ2n) is 13.3. The summed E-state index contributed by atoms with van der Waals surface area (Å²) in [4.78, 5) is 22.1. The number of fused-ring (bicyclic) bond motifs is 3. The molecule has 1 aromatic heterocycles. The summed E-state index contributed by atoms with van der Waals surface area (Å²) in [5.74, 6) is -0.400. The molecule has 3 aliphatic heterocycles. The fourth-order valence-corrected chi connectivity index (χ4v) is 9.33. The summed E-state index contributed by atoms with van der Waals surface area (Å²) in [5, 5.41) is 5.06. The number of amides is 1. The van der Waals surface area contributed by atoms with E-state index in [9.17, 15) is 17.6 Å². The Morgan fingerprint density at radius 3 is 2.33 bits per heavy atom. The zero-order chi connectivity index (χ0) is 32.2. The van der Waals surface area contributed by atoms with E-state index in [0.717, 1.165) is 62.1 Å². The van der Waals surface area contributed by atoms with Gasteiger partial charge in [0.15, 0.2) is 0 Å². The number of likely N-dealkylation sites (tertiary alicyclic amines) is 1. The molecule has 4 aromatic rings. The van der Waals surface area contributed by atoms with Crippen LogP contribution in [0.4, 0.5) is 4.39 Å². The number of aromatic nitrogens is 2. The third-order valence-corrected chi connectivity index (χ3v) is 12.0. The summed E-state index contributed by atoms with van der Waals surface area (Å²) < 4.78 is 40.6. The molecule has 11 heteroatoms. The molecule has 4 heterocycles. The van der Waals surface area contributed by atoms with E-state index in [4.69, 9.17) is 21.7 Å². The lowest BCUT2D eigenvalue weighted by Gasteiger charge is -2.45. The lowest BCUT2D eigenvalue weighted by molar-refractivity contribution is 0.0607. The average molecular weight is 664 g/mol. The third kappa shape index (κ3) is 5.63. The molecule has 3 atom stereocenters. The molecule has 2 bridgehead atoms. The molecule has 2 N–H and O–H groups in total. The zero-order valence-electron chi connectivity index (χ0n) is 25.9. The molecule has 0 radical (unpaired) electrons. The molecular formula is C35H39ClFN5O3S. The summed E-state index contributed by atoms with van der Waals surface area (Å²) in [6, 6.07) is 22.3. The largest absolute Gasteiger partial charge is 0.339 e. The van der Waals surface area contributed by atoms with Crippen molar-refractivity contribution in [1.82, 2.24) is 19.4 Å². The second-order valence-corrected chi connectivity index (χ2v) is 15.2. The Morgan fingerprint density at radius 2 is 1.65 bits per heavy atom. The second kappa shape index (κ2) is 12.0. The Bertz CT molecular complexity index is 1880. The third-order valence-electron chi connectivity index (χ3n) is 10.8. The van der Waals surface area contributed by atoms with Crippen molar-refractivity contribution in [2.24, 2.45) is 5.14 Å². The maximum absolute atomic E-state index is 14.3. The smallest absolute Gasteiger partial charge is 0.255 e. The molecule has 8 nitrogen and oxygen atoms in total. The molecule has 7 rings (SSSR count). The summed E-state index contributed by atoms with van der Waals surface area (Å²) in [5.41, 5.74) is 3.41. The van der Waals surface area contributed by atoms with E-state index in [1.54, 1.807) is 4.90 Å². The number of para-hydroxylation sites is 2. The Balaban J connectivity index is 1.07. The first kappa shape index (κ1) is 31.3. The van der Waals surface area contributed by atoms with E-state index in [1.165, 1.54) is 23.9 Å². The van der Waals surface area contributed by atoms with E-state index < -0.39 is 26.6 Å². The van der Waals surface area contributed by atoms with Crippen molar-refractivity contribution in [3.05, 3.63) is 94.5 Å². The number of imidazole rings is 1. The number of aryl methyl sites for hydroxylation is 1. The van der Waals surface area contributed by atoms with Crippen molar-refractivity contribution >= 4 is 38.6 Å². The van der Waals surface area contributed by atoms with Gasteiger partial charge in [-0.15, -0.1) is 0 Å². The number of sulfonamides is 1. The number of piperidine rings is 2. The number of hydrogen-bond donors (Lipinski definition) is 1. The minimum absolute atomic E-state index is 0.0559. The number of nitrogens with two attached hydrogens (primary N) is 1. The highest BCUT2D eigenvalue weighted by Crippen LogP contribution is 2.45. The maximum Gasteiger partial charge on any atom is 0.255 e. The minimum atomic E-state index is -4.36. The molecule has 0 spiro atoms. The van der Waals surface area contributed by atoms with Gasteiger partial charge in [0.25, 0.3) is 5.91 Å². The lowest BCUT2D eigenvalue weighted by atomic mass is 9.70. The number of benzene rings is 3. The Morgan fingerprint density at radius 1 is 1.00 bits per heavy atom. The highest BCUT2D eigenvalue weighted by Gasteiger charge is 2.44. The normalized spacial score (nSPS) is 23.2. The average Bonchev–Trinajstić information content (AvgIpc) is 3.50. The molecule has 3 fully saturated rings. The molecule has 1 amide bonds. The number of nitrogens with zero attached hydrogens (tertiary/aromatic N) is 4. The molecular weight excluding hydrogens is 625 g/mol. The summed E-state index contributed by atoms with van der Waals surface area (Å²) in [6.07, 6.45) is 7.18. The number of rotatable bonds is 7. The molecule has 0 aliphatic carbocycles. The highest BCUT2D eigenvalue weighted by molar-refractivity contribution is 7.89. The summed E-state index contributed by atoms with van der Waals surface area (Å²) >= 11 is 6.23. The minimum Gasteiger partial charge on any atom is -0.339 e. The molecule has 3 saturated heterocycles. The fourth-order valence-electron chi connectivity index (χ4n) is 8.48. The monoisotopic (exact) mass is 663 g/mol. The van der Waals surface area contributed by atoms with Crippen LogP contribution in [0.1, 0.15) is 72.7 Å². The van der Waals surface area contributed by atoms with Gasteiger partial charge in [-0.1, -0.05) is 54.1 Å². The number of hydrogen-bond acceptors (Lipinski definition) is 5. The van der Waals surface area contributed by atoms with Gasteiger partial charge in [-0.25, -0.2) is 22.9 Å². The molecule has 242 valence electrons. The topological polar surface area (TPSA) is 102 Å². The van der Waals surface area contributed by atoms with Gasteiger partial charge in [-0.2, -0.15) is 0 Å². The summed E-state index contributed by atoms with van der Waals surface area (Å²) in [7, 11) is -4.36. The van der Waals surface area contributed by atoms with Gasteiger partial charge in [0.2, 0.25) is 10.0 Å².